The minimum Gasteiger partial charge on any atom is -0.295 e. The highest BCUT2D eigenvalue weighted by Gasteiger charge is 2.65. The Balaban J connectivity index is 1.86. The second-order valence-corrected chi connectivity index (χ2v) is 15.1. The zero-order valence-electron chi connectivity index (χ0n) is 25.0. The van der Waals surface area contributed by atoms with Gasteiger partial charge in [0.2, 0.25) is 5.91 Å². The van der Waals surface area contributed by atoms with Gasteiger partial charge in [0.05, 0.1) is 5.57 Å². The Morgan fingerprint density at radius 1 is 1.05 bits per heavy atom. The lowest BCUT2D eigenvalue weighted by Crippen LogP contribution is -2.59. The highest BCUT2D eigenvalue weighted by Crippen LogP contribution is 2.71. The molecular weight excluding hydrogens is 488 g/mol. The van der Waals surface area contributed by atoms with Crippen LogP contribution in [0.25, 0.3) is 10.4 Å². The monoisotopic (exact) mass is 532 g/mol. The third-order valence-corrected chi connectivity index (χ3v) is 12.0. The molecule has 0 aliphatic heterocycles. The molecule has 0 aromatic rings. The summed E-state index contributed by atoms with van der Waals surface area (Å²) in [4.78, 5) is 42.2. The first-order valence-corrected chi connectivity index (χ1v) is 14.4. The van der Waals surface area contributed by atoms with Gasteiger partial charge in [-0.1, -0.05) is 60.1 Å². The van der Waals surface area contributed by atoms with Crippen molar-refractivity contribution in [1.82, 2.24) is 0 Å². The van der Waals surface area contributed by atoms with Crippen LogP contribution in [0.4, 0.5) is 0 Å². The second kappa shape index (κ2) is 9.16. The SMILES string of the molecule is CC(=O)/C=C1/[C@@]2(C)C=C(C#N)C(=O)C(C)(C)[C@@H]2CC[C@@]1(C)[C@]1(C)CC[C@@]2(C(=O)N=[N+]=[N-])CCC(C)(C)CC2C1. The third kappa shape index (κ3) is 4.22. The van der Waals surface area contributed by atoms with E-state index in [0.29, 0.717) is 6.42 Å². The first kappa shape index (κ1) is 29.3. The Kier molecular flexibility index (Phi) is 6.88. The Bertz CT molecular complexity index is 1280. The van der Waals surface area contributed by atoms with Crippen molar-refractivity contribution in [3.8, 4) is 6.07 Å². The van der Waals surface area contributed by atoms with Crippen LogP contribution in [0.15, 0.2) is 28.4 Å². The second-order valence-electron chi connectivity index (χ2n) is 15.1. The van der Waals surface area contributed by atoms with E-state index in [-0.39, 0.29) is 51.1 Å². The number of allylic oxidation sites excluding steroid dienone is 4. The van der Waals surface area contributed by atoms with E-state index in [2.05, 4.69) is 50.7 Å². The quantitative estimate of drug-likeness (QED) is 0.159. The van der Waals surface area contributed by atoms with Gasteiger partial charge >= 0.3 is 0 Å². The van der Waals surface area contributed by atoms with Crippen molar-refractivity contribution in [1.29, 1.82) is 5.26 Å². The maximum absolute atomic E-state index is 13.3. The molecule has 7 heteroatoms. The van der Waals surface area contributed by atoms with Crippen LogP contribution in [-0.2, 0) is 14.4 Å². The molecule has 1 amide bonds. The van der Waals surface area contributed by atoms with Gasteiger partial charge in [-0.05, 0) is 103 Å². The average Bonchev–Trinajstić information content (AvgIpc) is 2.83. The number of carbonyl (C=O) groups excluding carboxylic acids is 3. The van der Waals surface area contributed by atoms with E-state index in [0.717, 1.165) is 50.5 Å². The smallest absolute Gasteiger partial charge is 0.225 e. The standard InChI is InChI=1S/C32H44N4O3/c1-20(37)15-24-30(7)16-21(19-33)25(38)28(4,5)23(30)9-10-31(24,8)29(6)12-14-32(26(39)35-36-34)13-11-27(2,3)17-22(32)18-29/h15-16,22-23H,9-14,17-18H2,1-8H3/b24-15-/t22?,23-,29+,30-,31+,32-/m0/s1. The molecule has 0 radical (unpaired) electrons. The molecule has 6 atom stereocenters. The number of nitriles is 1. The first-order valence-electron chi connectivity index (χ1n) is 14.4. The highest BCUT2D eigenvalue weighted by molar-refractivity contribution is 6.04. The molecule has 0 spiro atoms. The molecule has 4 aliphatic carbocycles. The van der Waals surface area contributed by atoms with Crippen molar-refractivity contribution in [2.45, 2.75) is 107 Å². The number of hydrogen-bond acceptors (Lipinski definition) is 4. The first-order chi connectivity index (χ1) is 17.9. The van der Waals surface area contributed by atoms with E-state index >= 15 is 0 Å². The fraction of sp³-hybridized carbons (Fsp3) is 0.750. The summed E-state index contributed by atoms with van der Waals surface area (Å²) in [5, 5.41) is 13.5. The van der Waals surface area contributed by atoms with E-state index in [1.807, 2.05) is 19.9 Å². The molecule has 4 aliphatic rings. The fourth-order valence-electron chi connectivity index (χ4n) is 9.54. The molecule has 1 unspecified atom stereocenters. The molecule has 210 valence electrons. The van der Waals surface area contributed by atoms with E-state index in [9.17, 15) is 19.6 Å². The van der Waals surface area contributed by atoms with Crippen molar-refractivity contribution in [3.05, 3.63) is 33.7 Å². The van der Waals surface area contributed by atoms with Gasteiger partial charge in [0.25, 0.3) is 0 Å². The predicted octanol–water partition coefficient (Wildman–Crippen LogP) is 7.82. The van der Waals surface area contributed by atoms with Crippen molar-refractivity contribution < 1.29 is 14.4 Å². The number of nitrogens with zero attached hydrogens (tertiary/aromatic N) is 4. The van der Waals surface area contributed by atoms with Crippen LogP contribution in [0.1, 0.15) is 107 Å². The van der Waals surface area contributed by atoms with Gasteiger partial charge in [-0.25, -0.2) is 0 Å². The Morgan fingerprint density at radius 3 is 2.28 bits per heavy atom. The van der Waals surface area contributed by atoms with Gasteiger partial charge in [-0.3, -0.25) is 14.4 Å². The van der Waals surface area contributed by atoms with E-state index < -0.39 is 16.2 Å². The zero-order valence-corrected chi connectivity index (χ0v) is 25.0. The van der Waals surface area contributed by atoms with Gasteiger partial charge in [-0.2, -0.15) is 5.26 Å². The molecule has 0 saturated heterocycles. The molecule has 3 fully saturated rings. The van der Waals surface area contributed by atoms with E-state index in [4.69, 9.17) is 5.53 Å². The number of fused-ring (bicyclic) bond motifs is 2. The predicted molar refractivity (Wildman–Crippen MR) is 150 cm³/mol. The van der Waals surface area contributed by atoms with Crippen molar-refractivity contribution in [3.63, 3.8) is 0 Å². The molecule has 4 rings (SSSR count). The summed E-state index contributed by atoms with van der Waals surface area (Å²) in [6.07, 6.45) is 10.0. The number of hydrogen-bond donors (Lipinski definition) is 0. The molecule has 3 saturated carbocycles. The summed E-state index contributed by atoms with van der Waals surface area (Å²) in [6, 6.07) is 2.16. The molecule has 0 N–H and O–H groups in total. The summed E-state index contributed by atoms with van der Waals surface area (Å²) in [5.74, 6) is -0.422. The summed E-state index contributed by atoms with van der Waals surface area (Å²) < 4.78 is 0. The number of azide groups is 1. The number of amides is 1. The molecule has 0 aromatic heterocycles. The van der Waals surface area contributed by atoms with Gasteiger partial charge in [0.1, 0.15) is 6.07 Å². The Hall–Kier alpha value is -2.71. The van der Waals surface area contributed by atoms with Gasteiger partial charge in [0, 0.05) is 21.2 Å². The molecule has 0 bridgehead atoms. The van der Waals surface area contributed by atoms with Gasteiger partial charge in [0.15, 0.2) is 11.6 Å². The molecule has 7 nitrogen and oxygen atoms in total. The largest absolute Gasteiger partial charge is 0.295 e. The van der Waals surface area contributed by atoms with Crippen molar-refractivity contribution in [2.75, 3.05) is 0 Å². The minimum atomic E-state index is -0.719. The normalized spacial score (nSPS) is 41.8. The van der Waals surface area contributed by atoms with Crippen LogP contribution in [0.5, 0.6) is 0 Å². The summed E-state index contributed by atoms with van der Waals surface area (Å²) >= 11 is 0. The number of Topliss-reactive ketones (excluding diaryl/α,β-unsaturated/α-hetero) is 1. The maximum Gasteiger partial charge on any atom is 0.225 e. The van der Waals surface area contributed by atoms with Gasteiger partial charge in [-0.15, -0.1) is 0 Å². The van der Waals surface area contributed by atoms with Crippen molar-refractivity contribution in [2.24, 2.45) is 49.4 Å². The minimum absolute atomic E-state index is 0.0280. The highest BCUT2D eigenvalue weighted by atomic mass is 16.2. The van der Waals surface area contributed by atoms with Crippen LogP contribution < -0.4 is 0 Å². The lowest BCUT2D eigenvalue weighted by molar-refractivity contribution is -0.150. The molecular formula is C32H44N4O3. The van der Waals surface area contributed by atoms with Crippen LogP contribution in [-0.4, -0.2) is 17.5 Å². The van der Waals surface area contributed by atoms with Crippen LogP contribution >= 0.6 is 0 Å². The van der Waals surface area contributed by atoms with Crippen LogP contribution in [0, 0.1) is 55.7 Å². The average molecular weight is 533 g/mol. The van der Waals surface area contributed by atoms with E-state index in [1.54, 1.807) is 13.0 Å². The number of ketones is 2. The van der Waals surface area contributed by atoms with Crippen LogP contribution in [0.2, 0.25) is 0 Å². The maximum atomic E-state index is 13.3. The summed E-state index contributed by atoms with van der Waals surface area (Å²) in [7, 11) is 0. The third-order valence-electron chi connectivity index (χ3n) is 12.0. The fourth-order valence-corrected chi connectivity index (χ4v) is 9.54. The molecule has 0 aromatic carbocycles. The lowest BCUT2D eigenvalue weighted by atomic mass is 9.38. The Morgan fingerprint density at radius 2 is 1.69 bits per heavy atom. The van der Waals surface area contributed by atoms with Crippen LogP contribution in [0.3, 0.4) is 0 Å². The molecule has 0 heterocycles. The molecule has 39 heavy (non-hydrogen) atoms. The number of rotatable bonds is 3. The summed E-state index contributed by atoms with van der Waals surface area (Å²) in [5.41, 5.74) is 7.81. The lowest BCUT2D eigenvalue weighted by Gasteiger charge is -2.65. The van der Waals surface area contributed by atoms with Gasteiger partial charge < -0.3 is 0 Å². The van der Waals surface area contributed by atoms with Crippen molar-refractivity contribution >= 4 is 17.5 Å². The zero-order chi connectivity index (χ0) is 29.2. The number of carbonyl (C=O) groups is 3. The summed E-state index contributed by atoms with van der Waals surface area (Å²) in [6.45, 7) is 16.7. The topological polar surface area (TPSA) is 124 Å². The Labute approximate surface area is 233 Å². The van der Waals surface area contributed by atoms with E-state index in [1.165, 1.54) is 0 Å².